The van der Waals surface area contributed by atoms with Crippen molar-refractivity contribution in [3.8, 4) is 0 Å². The molecular weight excluding hydrogens is 352 g/mol. The molecule has 0 aliphatic carbocycles. The first-order valence-corrected chi connectivity index (χ1v) is 9.24. The van der Waals surface area contributed by atoms with Crippen LogP contribution in [-0.2, 0) is 6.42 Å². The zero-order chi connectivity index (χ0) is 19.5. The summed E-state index contributed by atoms with van der Waals surface area (Å²) >= 11 is 0. The predicted molar refractivity (Wildman–Crippen MR) is 103 cm³/mol. The number of nitrogens with zero attached hydrogens (tertiary/aromatic N) is 2. The highest BCUT2D eigenvalue weighted by Crippen LogP contribution is 2.19. The summed E-state index contributed by atoms with van der Waals surface area (Å²) in [5, 5.41) is 35.8. The summed E-state index contributed by atoms with van der Waals surface area (Å²) in [6, 6.07) is 5.97. The normalized spacial score (nSPS) is 19.7. The van der Waals surface area contributed by atoms with E-state index in [0.29, 0.717) is 18.7 Å². The lowest BCUT2D eigenvalue weighted by Crippen LogP contribution is -2.56. The zero-order valence-electron chi connectivity index (χ0n) is 15.4. The number of hydrogen-bond acceptors (Lipinski definition) is 8. The Hall–Kier alpha value is -2.14. The molecule has 27 heavy (non-hydrogen) atoms. The Morgan fingerprint density at radius 2 is 1.33 bits per heavy atom. The van der Waals surface area contributed by atoms with Gasteiger partial charge in [0.15, 0.2) is 0 Å². The highest BCUT2D eigenvalue weighted by atomic mass is 16.6. The lowest BCUT2D eigenvalue weighted by atomic mass is 9.90. The highest BCUT2D eigenvalue weighted by Gasteiger charge is 2.42. The molecule has 2 rings (SSSR count). The number of nitro groups is 2. The Labute approximate surface area is 158 Å². The molecule has 1 saturated heterocycles. The average Bonchev–Trinajstić information content (AvgIpc) is 2.65. The standard InChI is InChI=1S/C17H28N6O4/c24-22(25)16-4-2-15(3-5-16)12-17(23(26)27)13-20-10-8-18-6-1-7-19-9-11-21-14-17/h2-5,18-21H,1,6-14H2. The number of nitrogens with one attached hydrogen (secondary N) is 4. The summed E-state index contributed by atoms with van der Waals surface area (Å²) in [4.78, 5) is 22.1. The largest absolute Gasteiger partial charge is 0.315 e. The van der Waals surface area contributed by atoms with E-state index in [4.69, 9.17) is 0 Å². The maximum absolute atomic E-state index is 12.0. The molecule has 10 heteroatoms. The van der Waals surface area contributed by atoms with E-state index in [0.717, 1.165) is 32.6 Å². The van der Waals surface area contributed by atoms with E-state index < -0.39 is 10.5 Å². The highest BCUT2D eigenvalue weighted by molar-refractivity contribution is 5.33. The first-order chi connectivity index (χ1) is 13.0. The van der Waals surface area contributed by atoms with Crippen LogP contribution in [0, 0.1) is 20.2 Å². The molecule has 0 amide bonds. The summed E-state index contributed by atoms with van der Waals surface area (Å²) in [5.41, 5.74) is -0.535. The van der Waals surface area contributed by atoms with Crippen molar-refractivity contribution in [1.29, 1.82) is 0 Å². The van der Waals surface area contributed by atoms with Gasteiger partial charge in [-0.3, -0.25) is 20.2 Å². The van der Waals surface area contributed by atoms with Crippen molar-refractivity contribution < 1.29 is 9.85 Å². The van der Waals surface area contributed by atoms with Gasteiger partial charge in [0.2, 0.25) is 0 Å². The van der Waals surface area contributed by atoms with Crippen molar-refractivity contribution in [3.05, 3.63) is 50.1 Å². The number of benzene rings is 1. The molecule has 10 nitrogen and oxygen atoms in total. The van der Waals surface area contributed by atoms with Crippen LogP contribution in [-0.4, -0.2) is 67.7 Å². The maximum atomic E-state index is 12.0. The molecule has 1 heterocycles. The SMILES string of the molecule is O=[N+]([O-])c1ccc(CC2([N+](=O)[O-])CNCCNCCCNCCNC2)cc1. The van der Waals surface area contributed by atoms with Crippen LogP contribution < -0.4 is 21.3 Å². The third-order valence-corrected chi connectivity index (χ3v) is 4.64. The van der Waals surface area contributed by atoms with Crippen molar-refractivity contribution in [1.82, 2.24) is 21.3 Å². The fraction of sp³-hybridized carbons (Fsp3) is 0.647. The Kier molecular flexibility index (Phi) is 8.52. The zero-order valence-corrected chi connectivity index (χ0v) is 15.4. The first-order valence-electron chi connectivity index (χ1n) is 9.24. The van der Waals surface area contributed by atoms with Gasteiger partial charge in [-0.25, -0.2) is 0 Å². The van der Waals surface area contributed by atoms with Crippen LogP contribution in [0.25, 0.3) is 0 Å². The molecule has 0 atom stereocenters. The minimum absolute atomic E-state index is 0.0201. The molecule has 0 radical (unpaired) electrons. The third-order valence-electron chi connectivity index (χ3n) is 4.64. The van der Waals surface area contributed by atoms with Crippen LogP contribution in [0.15, 0.2) is 24.3 Å². The molecule has 150 valence electrons. The number of rotatable bonds is 4. The molecule has 1 aliphatic heterocycles. The fourth-order valence-electron chi connectivity index (χ4n) is 3.08. The molecule has 0 unspecified atom stereocenters. The lowest BCUT2D eigenvalue weighted by molar-refractivity contribution is -0.565. The second kappa shape index (κ2) is 10.9. The first kappa shape index (κ1) is 21.2. The van der Waals surface area contributed by atoms with E-state index in [-0.39, 0.29) is 30.1 Å². The molecule has 1 aromatic rings. The third kappa shape index (κ3) is 6.83. The van der Waals surface area contributed by atoms with Gasteiger partial charge in [-0.05, 0) is 25.1 Å². The molecular formula is C17H28N6O4. The number of non-ortho nitro benzene ring substituents is 1. The van der Waals surface area contributed by atoms with Gasteiger partial charge in [-0.1, -0.05) is 12.1 Å². The molecule has 0 bridgehead atoms. The summed E-state index contributed by atoms with van der Waals surface area (Å²) in [5.74, 6) is 0. The van der Waals surface area contributed by atoms with Gasteiger partial charge in [0.1, 0.15) is 0 Å². The van der Waals surface area contributed by atoms with Crippen LogP contribution in [0.5, 0.6) is 0 Å². The van der Waals surface area contributed by atoms with Gasteiger partial charge >= 0.3 is 0 Å². The average molecular weight is 380 g/mol. The number of hydrogen-bond donors (Lipinski definition) is 4. The molecule has 4 N–H and O–H groups in total. The molecule has 0 saturated carbocycles. The topological polar surface area (TPSA) is 134 Å². The van der Waals surface area contributed by atoms with Gasteiger partial charge in [0.25, 0.3) is 11.2 Å². The van der Waals surface area contributed by atoms with Gasteiger partial charge in [-0.15, -0.1) is 0 Å². The minimum Gasteiger partial charge on any atom is -0.315 e. The maximum Gasteiger partial charge on any atom is 0.269 e. The second-order valence-electron chi connectivity index (χ2n) is 6.79. The lowest BCUT2D eigenvalue weighted by Gasteiger charge is -2.27. The Bertz CT molecular complexity index is 596. The van der Waals surface area contributed by atoms with Gasteiger partial charge < -0.3 is 21.3 Å². The van der Waals surface area contributed by atoms with Crippen LogP contribution >= 0.6 is 0 Å². The Morgan fingerprint density at radius 3 is 1.81 bits per heavy atom. The summed E-state index contributed by atoms with van der Waals surface area (Å²) in [6.45, 7) is 5.04. The van der Waals surface area contributed by atoms with Gasteiger partial charge in [-0.2, -0.15) is 0 Å². The molecule has 0 spiro atoms. The Morgan fingerprint density at radius 1 is 0.815 bits per heavy atom. The van der Waals surface area contributed by atoms with E-state index in [1.54, 1.807) is 12.1 Å². The summed E-state index contributed by atoms with van der Waals surface area (Å²) in [6.07, 6.45) is 1.23. The van der Waals surface area contributed by atoms with E-state index in [1.165, 1.54) is 12.1 Å². The molecule has 0 aromatic heterocycles. The van der Waals surface area contributed by atoms with Crippen molar-refractivity contribution in [2.45, 2.75) is 18.4 Å². The number of nitro benzene ring substituents is 1. The van der Waals surface area contributed by atoms with Crippen molar-refractivity contribution in [2.75, 3.05) is 52.4 Å². The van der Waals surface area contributed by atoms with E-state index >= 15 is 0 Å². The predicted octanol–water partition coefficient (Wildman–Crippen LogP) is -0.0851. The van der Waals surface area contributed by atoms with Crippen LogP contribution in [0.1, 0.15) is 12.0 Å². The van der Waals surface area contributed by atoms with E-state index in [9.17, 15) is 20.2 Å². The smallest absolute Gasteiger partial charge is 0.269 e. The van der Waals surface area contributed by atoms with Crippen molar-refractivity contribution in [3.63, 3.8) is 0 Å². The van der Waals surface area contributed by atoms with E-state index in [2.05, 4.69) is 21.3 Å². The van der Waals surface area contributed by atoms with Crippen molar-refractivity contribution in [2.24, 2.45) is 0 Å². The molecule has 1 fully saturated rings. The van der Waals surface area contributed by atoms with Crippen molar-refractivity contribution >= 4 is 5.69 Å². The molecule has 1 aliphatic rings. The fourth-order valence-corrected chi connectivity index (χ4v) is 3.08. The van der Waals surface area contributed by atoms with Crippen LogP contribution in [0.4, 0.5) is 5.69 Å². The molecule has 1 aromatic carbocycles. The van der Waals surface area contributed by atoms with Gasteiger partial charge in [0, 0.05) is 49.7 Å². The summed E-state index contributed by atoms with van der Waals surface area (Å²) < 4.78 is 0. The second-order valence-corrected chi connectivity index (χ2v) is 6.79. The Balaban J connectivity index is 2.10. The monoisotopic (exact) mass is 380 g/mol. The summed E-state index contributed by atoms with van der Waals surface area (Å²) in [7, 11) is 0. The van der Waals surface area contributed by atoms with Crippen LogP contribution in [0.2, 0.25) is 0 Å². The van der Waals surface area contributed by atoms with Crippen LogP contribution in [0.3, 0.4) is 0 Å². The van der Waals surface area contributed by atoms with E-state index in [1.807, 2.05) is 0 Å². The minimum atomic E-state index is -1.22. The quantitative estimate of drug-likeness (QED) is 0.421. The van der Waals surface area contributed by atoms with Gasteiger partial charge in [0.05, 0.1) is 18.0 Å².